The molecule has 1 aromatic carbocycles. The van der Waals surface area contributed by atoms with Gasteiger partial charge in [-0.2, -0.15) is 0 Å². The topological polar surface area (TPSA) is 59.0 Å². The summed E-state index contributed by atoms with van der Waals surface area (Å²) in [6, 6.07) is 5.76. The fourth-order valence-corrected chi connectivity index (χ4v) is 3.25. The summed E-state index contributed by atoms with van der Waals surface area (Å²) in [5, 5.41) is 10.3. The number of aryl methyl sites for hydroxylation is 2. The SMILES string of the molecule is CCOC(=O)C1CCCCN1CC(O)COc1cc(C)cc(C)c1. The zero-order valence-electron chi connectivity index (χ0n) is 15.0. The van der Waals surface area contributed by atoms with Gasteiger partial charge in [0.25, 0.3) is 0 Å². The van der Waals surface area contributed by atoms with Crippen LogP contribution in [0.1, 0.15) is 37.3 Å². The molecule has 1 aliphatic heterocycles. The maximum Gasteiger partial charge on any atom is 0.323 e. The number of carbonyl (C=O) groups excluding carboxylic acids is 1. The molecule has 0 bridgehead atoms. The predicted molar refractivity (Wildman–Crippen MR) is 93.3 cm³/mol. The van der Waals surface area contributed by atoms with Gasteiger partial charge in [-0.15, -0.1) is 0 Å². The first-order valence-electron chi connectivity index (χ1n) is 8.79. The van der Waals surface area contributed by atoms with Crippen LogP contribution in [0.25, 0.3) is 0 Å². The van der Waals surface area contributed by atoms with E-state index in [9.17, 15) is 9.90 Å². The summed E-state index contributed by atoms with van der Waals surface area (Å²) in [6.07, 6.45) is 2.22. The number of aliphatic hydroxyl groups is 1. The lowest BCUT2D eigenvalue weighted by atomic mass is 10.0. The second-order valence-corrected chi connectivity index (χ2v) is 6.55. The second-order valence-electron chi connectivity index (χ2n) is 6.55. The smallest absolute Gasteiger partial charge is 0.323 e. The molecule has 1 N–H and O–H groups in total. The van der Waals surface area contributed by atoms with Gasteiger partial charge in [0.15, 0.2) is 0 Å². The van der Waals surface area contributed by atoms with Gasteiger partial charge in [-0.1, -0.05) is 12.5 Å². The molecule has 0 radical (unpaired) electrons. The lowest BCUT2D eigenvalue weighted by molar-refractivity contribution is -0.151. The number of esters is 1. The number of likely N-dealkylation sites (tertiary alicyclic amines) is 1. The fraction of sp³-hybridized carbons (Fsp3) is 0.632. The Hall–Kier alpha value is -1.59. The van der Waals surface area contributed by atoms with Gasteiger partial charge in [0.2, 0.25) is 0 Å². The summed E-state index contributed by atoms with van der Waals surface area (Å²) in [5.74, 6) is 0.590. The molecule has 24 heavy (non-hydrogen) atoms. The average molecular weight is 335 g/mol. The number of hydrogen-bond acceptors (Lipinski definition) is 5. The Kier molecular flexibility index (Phi) is 7.06. The number of β-amino-alcohol motifs (C(OH)–C–C–N with tert-alkyl or cyclic N) is 1. The molecule has 1 fully saturated rings. The molecule has 1 heterocycles. The van der Waals surface area contributed by atoms with Gasteiger partial charge in [-0.3, -0.25) is 9.69 Å². The first-order chi connectivity index (χ1) is 11.5. The van der Waals surface area contributed by atoms with E-state index in [0.717, 1.165) is 42.7 Å². The lowest BCUT2D eigenvalue weighted by Gasteiger charge is -2.35. The quantitative estimate of drug-likeness (QED) is 0.776. The van der Waals surface area contributed by atoms with Crippen LogP contribution in [0.4, 0.5) is 0 Å². The molecule has 1 saturated heterocycles. The molecule has 0 saturated carbocycles. The maximum absolute atomic E-state index is 12.1. The van der Waals surface area contributed by atoms with Gasteiger partial charge < -0.3 is 14.6 Å². The van der Waals surface area contributed by atoms with E-state index in [1.54, 1.807) is 0 Å². The van der Waals surface area contributed by atoms with Crippen LogP contribution in [0.5, 0.6) is 5.75 Å². The van der Waals surface area contributed by atoms with Crippen LogP contribution in [0.2, 0.25) is 0 Å². The van der Waals surface area contributed by atoms with E-state index in [2.05, 4.69) is 6.07 Å². The number of carbonyl (C=O) groups is 1. The van der Waals surface area contributed by atoms with Gasteiger partial charge in [-0.05, 0) is 63.4 Å². The highest BCUT2D eigenvalue weighted by Crippen LogP contribution is 2.20. The van der Waals surface area contributed by atoms with Crippen molar-refractivity contribution in [3.8, 4) is 5.75 Å². The Morgan fingerprint density at radius 1 is 1.29 bits per heavy atom. The summed E-state index contributed by atoms with van der Waals surface area (Å²) in [4.78, 5) is 14.1. The van der Waals surface area contributed by atoms with Crippen LogP contribution >= 0.6 is 0 Å². The summed E-state index contributed by atoms with van der Waals surface area (Å²) in [7, 11) is 0. The van der Waals surface area contributed by atoms with Crippen molar-refractivity contribution in [2.24, 2.45) is 0 Å². The van der Waals surface area contributed by atoms with Crippen LogP contribution in [-0.2, 0) is 9.53 Å². The maximum atomic E-state index is 12.1. The van der Waals surface area contributed by atoms with Crippen molar-refractivity contribution in [2.75, 3.05) is 26.3 Å². The first kappa shape index (κ1) is 18.7. The Morgan fingerprint density at radius 3 is 2.67 bits per heavy atom. The van der Waals surface area contributed by atoms with E-state index in [4.69, 9.17) is 9.47 Å². The van der Waals surface area contributed by atoms with E-state index in [-0.39, 0.29) is 18.6 Å². The summed E-state index contributed by atoms with van der Waals surface area (Å²) < 4.78 is 10.9. The number of hydrogen-bond donors (Lipinski definition) is 1. The van der Waals surface area contributed by atoms with Crippen molar-refractivity contribution in [2.45, 2.75) is 52.2 Å². The van der Waals surface area contributed by atoms with E-state index in [0.29, 0.717) is 13.2 Å². The Balaban J connectivity index is 1.87. The number of aliphatic hydroxyl groups excluding tert-OH is 1. The molecule has 5 heteroatoms. The van der Waals surface area contributed by atoms with E-state index in [1.807, 2.05) is 37.8 Å². The van der Waals surface area contributed by atoms with Gasteiger partial charge >= 0.3 is 5.97 Å². The molecule has 0 aromatic heterocycles. The van der Waals surface area contributed by atoms with Crippen molar-refractivity contribution < 1.29 is 19.4 Å². The molecule has 0 spiro atoms. The molecule has 0 aliphatic carbocycles. The Bertz CT molecular complexity index is 526. The highest BCUT2D eigenvalue weighted by atomic mass is 16.5. The third-order valence-electron chi connectivity index (χ3n) is 4.26. The lowest BCUT2D eigenvalue weighted by Crippen LogP contribution is -2.49. The molecular formula is C19H29NO4. The zero-order valence-corrected chi connectivity index (χ0v) is 15.0. The third kappa shape index (κ3) is 5.49. The molecule has 2 atom stereocenters. The van der Waals surface area contributed by atoms with Gasteiger partial charge in [-0.25, -0.2) is 0 Å². The summed E-state index contributed by atoms with van der Waals surface area (Å²) >= 11 is 0. The highest BCUT2D eigenvalue weighted by molar-refractivity contribution is 5.75. The van der Waals surface area contributed by atoms with Gasteiger partial charge in [0.05, 0.1) is 6.61 Å². The largest absolute Gasteiger partial charge is 0.491 e. The van der Waals surface area contributed by atoms with E-state index < -0.39 is 6.10 Å². The molecule has 1 aromatic rings. The summed E-state index contributed by atoms with van der Waals surface area (Å²) in [5.41, 5.74) is 2.27. The van der Waals surface area contributed by atoms with Crippen molar-refractivity contribution in [3.05, 3.63) is 29.3 Å². The fourth-order valence-electron chi connectivity index (χ4n) is 3.25. The van der Waals surface area contributed by atoms with Crippen LogP contribution < -0.4 is 4.74 Å². The molecule has 134 valence electrons. The first-order valence-corrected chi connectivity index (χ1v) is 8.79. The number of rotatable bonds is 7. The molecular weight excluding hydrogens is 306 g/mol. The minimum Gasteiger partial charge on any atom is -0.491 e. The van der Waals surface area contributed by atoms with E-state index >= 15 is 0 Å². The Labute approximate surface area is 144 Å². The van der Waals surface area contributed by atoms with Crippen LogP contribution in [-0.4, -0.2) is 54.4 Å². The standard InChI is InChI=1S/C19H29NO4/c1-4-23-19(22)18-7-5-6-8-20(18)12-16(21)13-24-17-10-14(2)9-15(3)11-17/h9-11,16,18,21H,4-8,12-13H2,1-3H3. The third-order valence-corrected chi connectivity index (χ3v) is 4.26. The number of ether oxygens (including phenoxy) is 2. The predicted octanol–water partition coefficient (Wildman–Crippen LogP) is 2.46. The molecule has 1 aliphatic rings. The minimum atomic E-state index is -0.638. The Morgan fingerprint density at radius 2 is 2.00 bits per heavy atom. The monoisotopic (exact) mass is 335 g/mol. The number of benzene rings is 1. The van der Waals surface area contributed by atoms with Crippen LogP contribution in [0, 0.1) is 13.8 Å². The molecule has 0 amide bonds. The zero-order chi connectivity index (χ0) is 17.5. The second kappa shape index (κ2) is 9.04. The minimum absolute atomic E-state index is 0.181. The highest BCUT2D eigenvalue weighted by Gasteiger charge is 2.31. The van der Waals surface area contributed by atoms with Crippen molar-refractivity contribution in [3.63, 3.8) is 0 Å². The average Bonchev–Trinajstić information content (AvgIpc) is 2.53. The van der Waals surface area contributed by atoms with Crippen LogP contribution in [0.15, 0.2) is 18.2 Å². The number of nitrogens with zero attached hydrogens (tertiary/aromatic N) is 1. The van der Waals surface area contributed by atoms with Gasteiger partial charge in [0, 0.05) is 6.54 Å². The summed E-state index contributed by atoms with van der Waals surface area (Å²) in [6.45, 7) is 7.70. The molecule has 2 unspecified atom stereocenters. The van der Waals surface area contributed by atoms with Crippen LogP contribution in [0.3, 0.4) is 0 Å². The van der Waals surface area contributed by atoms with E-state index in [1.165, 1.54) is 0 Å². The molecule has 5 nitrogen and oxygen atoms in total. The number of piperidine rings is 1. The van der Waals surface area contributed by atoms with Crippen molar-refractivity contribution >= 4 is 5.97 Å². The normalized spacial score (nSPS) is 19.8. The van der Waals surface area contributed by atoms with Gasteiger partial charge in [0.1, 0.15) is 24.5 Å². The van der Waals surface area contributed by atoms with Crippen molar-refractivity contribution in [1.82, 2.24) is 4.90 Å². The molecule has 2 rings (SSSR count). The van der Waals surface area contributed by atoms with Crippen molar-refractivity contribution in [1.29, 1.82) is 0 Å².